The fourth-order valence-corrected chi connectivity index (χ4v) is 4.06. The van der Waals surface area contributed by atoms with Gasteiger partial charge < -0.3 is 9.80 Å². The first-order chi connectivity index (χ1) is 12.4. The molecule has 1 amide bonds. The number of amides is 1. The molecule has 2 atom stereocenters. The maximum absolute atomic E-state index is 13.8. The van der Waals surface area contributed by atoms with E-state index in [2.05, 4.69) is 14.9 Å². The molecule has 26 heavy (non-hydrogen) atoms. The standard InChI is InChI=1S/C20H23FN4O/c1-12-9-13(2)23-20(22-12)25-10-15-7-8-24(11-18(15)25)19(26)16-5-4-6-17(21)14(16)3/h4-6,9,15,18H,7-8,10-11H2,1-3H3. The molecule has 2 aliphatic rings. The lowest BCUT2D eigenvalue weighted by Crippen LogP contribution is -2.65. The van der Waals surface area contributed by atoms with Crippen molar-refractivity contribution in [1.29, 1.82) is 0 Å². The average Bonchev–Trinajstić information content (AvgIpc) is 2.57. The summed E-state index contributed by atoms with van der Waals surface area (Å²) in [7, 11) is 0. The summed E-state index contributed by atoms with van der Waals surface area (Å²) in [6, 6.07) is 6.90. The summed E-state index contributed by atoms with van der Waals surface area (Å²) in [6.07, 6.45) is 0.964. The van der Waals surface area contributed by atoms with Crippen molar-refractivity contribution < 1.29 is 9.18 Å². The number of likely N-dealkylation sites (tertiary alicyclic amines) is 1. The van der Waals surface area contributed by atoms with Crippen molar-refractivity contribution in [3.8, 4) is 0 Å². The molecule has 1 aromatic carbocycles. The van der Waals surface area contributed by atoms with Gasteiger partial charge in [0.1, 0.15) is 5.82 Å². The van der Waals surface area contributed by atoms with E-state index < -0.39 is 0 Å². The molecule has 4 rings (SSSR count). The van der Waals surface area contributed by atoms with Crippen molar-refractivity contribution in [1.82, 2.24) is 14.9 Å². The van der Waals surface area contributed by atoms with Gasteiger partial charge in [0.15, 0.2) is 0 Å². The fraction of sp³-hybridized carbons (Fsp3) is 0.450. The fourth-order valence-electron chi connectivity index (χ4n) is 4.06. The second-order valence-corrected chi connectivity index (χ2v) is 7.38. The molecule has 2 aromatic rings. The van der Waals surface area contributed by atoms with E-state index in [1.54, 1.807) is 19.1 Å². The number of nitrogens with zero attached hydrogens (tertiary/aromatic N) is 4. The molecule has 136 valence electrons. The summed E-state index contributed by atoms with van der Waals surface area (Å²) in [4.78, 5) is 26.1. The van der Waals surface area contributed by atoms with Gasteiger partial charge in [0.05, 0.1) is 6.04 Å². The molecule has 5 nitrogen and oxygen atoms in total. The molecule has 2 fully saturated rings. The van der Waals surface area contributed by atoms with Crippen molar-refractivity contribution in [2.75, 3.05) is 24.5 Å². The quantitative estimate of drug-likeness (QED) is 0.832. The van der Waals surface area contributed by atoms with Crippen LogP contribution in [0.4, 0.5) is 10.3 Å². The van der Waals surface area contributed by atoms with Crippen molar-refractivity contribution in [2.45, 2.75) is 33.2 Å². The van der Waals surface area contributed by atoms with Crippen molar-refractivity contribution >= 4 is 11.9 Å². The Hall–Kier alpha value is -2.50. The number of aromatic nitrogens is 2. The van der Waals surface area contributed by atoms with E-state index >= 15 is 0 Å². The molecule has 2 unspecified atom stereocenters. The van der Waals surface area contributed by atoms with Gasteiger partial charge in [-0.2, -0.15) is 0 Å². The van der Waals surface area contributed by atoms with Gasteiger partial charge in [-0.25, -0.2) is 14.4 Å². The highest BCUT2D eigenvalue weighted by molar-refractivity contribution is 5.95. The topological polar surface area (TPSA) is 49.3 Å². The van der Waals surface area contributed by atoms with E-state index in [4.69, 9.17) is 0 Å². The first-order valence-corrected chi connectivity index (χ1v) is 9.07. The van der Waals surface area contributed by atoms with E-state index in [1.165, 1.54) is 6.07 Å². The Labute approximate surface area is 152 Å². The van der Waals surface area contributed by atoms with Gasteiger partial charge in [-0.05, 0) is 51.0 Å². The van der Waals surface area contributed by atoms with Crippen LogP contribution in [0.2, 0.25) is 0 Å². The van der Waals surface area contributed by atoms with Crippen LogP contribution in [-0.4, -0.2) is 46.5 Å². The van der Waals surface area contributed by atoms with E-state index in [0.29, 0.717) is 23.6 Å². The van der Waals surface area contributed by atoms with Crippen LogP contribution in [0.3, 0.4) is 0 Å². The molecule has 0 saturated carbocycles. The summed E-state index contributed by atoms with van der Waals surface area (Å²) in [5.41, 5.74) is 2.78. The van der Waals surface area contributed by atoms with Crippen LogP contribution in [0.15, 0.2) is 24.3 Å². The molecule has 0 aliphatic carbocycles. The zero-order chi connectivity index (χ0) is 18.4. The maximum Gasteiger partial charge on any atom is 0.254 e. The Morgan fingerprint density at radius 2 is 1.88 bits per heavy atom. The molecule has 0 spiro atoms. The SMILES string of the molecule is Cc1cc(C)nc(N2CC3CCN(C(=O)c4cccc(F)c4C)CC32)n1. The summed E-state index contributed by atoms with van der Waals surface area (Å²) < 4.78 is 13.8. The van der Waals surface area contributed by atoms with Crippen LogP contribution >= 0.6 is 0 Å². The van der Waals surface area contributed by atoms with Crippen molar-refractivity contribution in [3.63, 3.8) is 0 Å². The number of hydrogen-bond acceptors (Lipinski definition) is 4. The number of benzene rings is 1. The maximum atomic E-state index is 13.8. The highest BCUT2D eigenvalue weighted by atomic mass is 19.1. The van der Waals surface area contributed by atoms with E-state index in [0.717, 1.165) is 36.8 Å². The minimum atomic E-state index is -0.334. The molecule has 6 heteroatoms. The summed E-state index contributed by atoms with van der Waals surface area (Å²) in [6.45, 7) is 7.90. The lowest BCUT2D eigenvalue weighted by atomic mass is 9.82. The number of hydrogen-bond donors (Lipinski definition) is 0. The Kier molecular flexibility index (Phi) is 4.13. The van der Waals surface area contributed by atoms with Gasteiger partial charge in [0.2, 0.25) is 5.95 Å². The zero-order valence-corrected chi connectivity index (χ0v) is 15.4. The van der Waals surface area contributed by atoms with Gasteiger partial charge in [0, 0.05) is 42.5 Å². The Morgan fingerprint density at radius 3 is 2.62 bits per heavy atom. The number of aryl methyl sites for hydroxylation is 2. The highest BCUT2D eigenvalue weighted by Gasteiger charge is 2.45. The van der Waals surface area contributed by atoms with Crippen LogP contribution in [-0.2, 0) is 0 Å². The normalized spacial score (nSPS) is 22.0. The number of anilines is 1. The third-order valence-corrected chi connectivity index (χ3v) is 5.57. The van der Waals surface area contributed by atoms with Crippen LogP contribution < -0.4 is 4.90 Å². The number of rotatable bonds is 2. The molecular formula is C20H23FN4O. The first-order valence-electron chi connectivity index (χ1n) is 9.07. The molecule has 0 bridgehead atoms. The smallest absolute Gasteiger partial charge is 0.254 e. The number of halogens is 1. The van der Waals surface area contributed by atoms with Gasteiger partial charge in [-0.3, -0.25) is 4.79 Å². The lowest BCUT2D eigenvalue weighted by molar-refractivity contribution is 0.0588. The second kappa shape index (κ2) is 6.34. The molecule has 1 aromatic heterocycles. The Balaban J connectivity index is 1.53. The highest BCUT2D eigenvalue weighted by Crippen LogP contribution is 2.35. The van der Waals surface area contributed by atoms with Gasteiger partial charge in [-0.15, -0.1) is 0 Å². The minimum Gasteiger partial charge on any atom is -0.337 e. The van der Waals surface area contributed by atoms with Gasteiger partial charge in [-0.1, -0.05) is 6.07 Å². The van der Waals surface area contributed by atoms with Crippen LogP contribution in [0.25, 0.3) is 0 Å². The van der Waals surface area contributed by atoms with Crippen molar-refractivity contribution in [2.24, 2.45) is 5.92 Å². The largest absolute Gasteiger partial charge is 0.337 e. The zero-order valence-electron chi connectivity index (χ0n) is 15.4. The predicted molar refractivity (Wildman–Crippen MR) is 97.8 cm³/mol. The Morgan fingerprint density at radius 1 is 1.15 bits per heavy atom. The predicted octanol–water partition coefficient (Wildman–Crippen LogP) is 2.89. The van der Waals surface area contributed by atoms with Crippen molar-refractivity contribution in [3.05, 3.63) is 52.6 Å². The van der Waals surface area contributed by atoms with Gasteiger partial charge >= 0.3 is 0 Å². The van der Waals surface area contributed by atoms with E-state index in [9.17, 15) is 9.18 Å². The molecule has 0 N–H and O–H groups in total. The third kappa shape index (κ3) is 2.83. The number of carbonyl (C=O) groups is 1. The third-order valence-electron chi connectivity index (χ3n) is 5.57. The Bertz CT molecular complexity index is 849. The number of piperidine rings is 1. The summed E-state index contributed by atoms with van der Waals surface area (Å²) >= 11 is 0. The van der Waals surface area contributed by atoms with E-state index in [1.807, 2.05) is 24.8 Å². The minimum absolute atomic E-state index is 0.0892. The summed E-state index contributed by atoms with van der Waals surface area (Å²) in [5, 5.41) is 0. The number of fused-ring (bicyclic) bond motifs is 1. The molecular weight excluding hydrogens is 331 g/mol. The van der Waals surface area contributed by atoms with Gasteiger partial charge in [0.25, 0.3) is 5.91 Å². The molecule has 3 heterocycles. The monoisotopic (exact) mass is 354 g/mol. The number of carbonyl (C=O) groups excluding carboxylic acids is 1. The molecule has 2 saturated heterocycles. The van der Waals surface area contributed by atoms with Crippen LogP contribution in [0.1, 0.15) is 33.7 Å². The van der Waals surface area contributed by atoms with E-state index in [-0.39, 0.29) is 17.8 Å². The first kappa shape index (κ1) is 16.9. The van der Waals surface area contributed by atoms with Crippen LogP contribution in [0.5, 0.6) is 0 Å². The molecule has 2 aliphatic heterocycles. The van der Waals surface area contributed by atoms with Crippen LogP contribution in [0, 0.1) is 32.5 Å². The average molecular weight is 354 g/mol. The second-order valence-electron chi connectivity index (χ2n) is 7.38. The summed E-state index contributed by atoms with van der Waals surface area (Å²) in [5.74, 6) is 0.894. The lowest BCUT2D eigenvalue weighted by Gasteiger charge is -2.53. The molecule has 0 radical (unpaired) electrons.